The number of nitriles is 1. The highest BCUT2D eigenvalue weighted by Crippen LogP contribution is 2.32. The molecule has 1 aromatic carbocycles. The van der Waals surface area contributed by atoms with Crippen molar-refractivity contribution in [3.63, 3.8) is 0 Å². The van der Waals surface area contributed by atoms with Crippen LogP contribution in [0.3, 0.4) is 0 Å². The molecule has 0 amide bonds. The Morgan fingerprint density at radius 2 is 2.21 bits per heavy atom. The average Bonchev–Trinajstić information content (AvgIpc) is 2.41. The number of non-ortho nitro benzene ring substituents is 1. The van der Waals surface area contributed by atoms with E-state index in [2.05, 4.69) is 4.98 Å². The lowest BCUT2D eigenvalue weighted by atomic mass is 10.3. The van der Waals surface area contributed by atoms with Gasteiger partial charge in [0.25, 0.3) is 5.69 Å². The standard InChI is InChI=1S/C12H6ClN3O3/c13-10-6-9(16(17)18)3-4-11(10)19-12-8(7-14)2-1-5-15-12/h1-6H. The van der Waals surface area contributed by atoms with Crippen LogP contribution in [0.15, 0.2) is 36.5 Å². The molecule has 0 aliphatic heterocycles. The molecule has 6 nitrogen and oxygen atoms in total. The molecule has 0 aliphatic rings. The number of nitrogens with zero attached hydrogens (tertiary/aromatic N) is 3. The van der Waals surface area contributed by atoms with Gasteiger partial charge >= 0.3 is 0 Å². The zero-order valence-corrected chi connectivity index (χ0v) is 10.2. The molecule has 7 heteroatoms. The summed E-state index contributed by atoms with van der Waals surface area (Å²) in [6.45, 7) is 0. The third-order valence-electron chi connectivity index (χ3n) is 2.22. The lowest BCUT2D eigenvalue weighted by Crippen LogP contribution is -1.93. The van der Waals surface area contributed by atoms with Crippen LogP contribution in [0.1, 0.15) is 5.56 Å². The highest BCUT2D eigenvalue weighted by atomic mass is 35.5. The van der Waals surface area contributed by atoms with Gasteiger partial charge in [-0.05, 0) is 18.2 Å². The van der Waals surface area contributed by atoms with E-state index in [1.165, 1.54) is 24.4 Å². The summed E-state index contributed by atoms with van der Waals surface area (Å²) < 4.78 is 5.38. The maximum atomic E-state index is 10.6. The van der Waals surface area contributed by atoms with E-state index in [9.17, 15) is 10.1 Å². The van der Waals surface area contributed by atoms with Crippen LogP contribution in [0, 0.1) is 21.4 Å². The van der Waals surface area contributed by atoms with Crippen molar-refractivity contribution in [2.24, 2.45) is 0 Å². The molecular weight excluding hydrogens is 270 g/mol. The van der Waals surface area contributed by atoms with Gasteiger partial charge in [-0.15, -0.1) is 0 Å². The number of hydrogen-bond acceptors (Lipinski definition) is 5. The van der Waals surface area contributed by atoms with Crippen molar-refractivity contribution >= 4 is 17.3 Å². The molecule has 1 heterocycles. The Balaban J connectivity index is 2.34. The summed E-state index contributed by atoms with van der Waals surface area (Å²) in [7, 11) is 0. The van der Waals surface area contributed by atoms with Crippen LogP contribution in [0.4, 0.5) is 5.69 Å². The molecule has 0 aliphatic carbocycles. The van der Waals surface area contributed by atoms with Crippen LogP contribution < -0.4 is 4.74 Å². The van der Waals surface area contributed by atoms with Gasteiger partial charge in [0.2, 0.25) is 5.88 Å². The Morgan fingerprint density at radius 1 is 1.42 bits per heavy atom. The predicted octanol–water partition coefficient (Wildman–Crippen LogP) is 3.31. The maximum absolute atomic E-state index is 10.6. The second-order valence-electron chi connectivity index (χ2n) is 3.44. The molecule has 1 aromatic heterocycles. The number of nitro groups is 1. The fourth-order valence-corrected chi connectivity index (χ4v) is 1.56. The molecule has 0 atom stereocenters. The summed E-state index contributed by atoms with van der Waals surface area (Å²) in [6, 6.07) is 8.86. The molecule has 2 rings (SSSR count). The van der Waals surface area contributed by atoms with E-state index in [0.29, 0.717) is 0 Å². The minimum Gasteiger partial charge on any atom is -0.436 e. The summed E-state index contributed by atoms with van der Waals surface area (Å²) in [4.78, 5) is 13.9. The number of halogens is 1. The highest BCUT2D eigenvalue weighted by Gasteiger charge is 2.12. The summed E-state index contributed by atoms with van der Waals surface area (Å²) >= 11 is 5.88. The molecule has 0 saturated heterocycles. The van der Waals surface area contributed by atoms with Gasteiger partial charge in [-0.2, -0.15) is 5.26 Å². The predicted molar refractivity (Wildman–Crippen MR) is 67.1 cm³/mol. The van der Waals surface area contributed by atoms with Gasteiger partial charge in [0.15, 0.2) is 0 Å². The van der Waals surface area contributed by atoms with Crippen molar-refractivity contribution < 1.29 is 9.66 Å². The molecule has 2 aromatic rings. The van der Waals surface area contributed by atoms with Crippen molar-refractivity contribution in [2.45, 2.75) is 0 Å². The first-order valence-corrected chi connectivity index (χ1v) is 5.46. The highest BCUT2D eigenvalue weighted by molar-refractivity contribution is 6.32. The van der Waals surface area contributed by atoms with Gasteiger partial charge in [-0.3, -0.25) is 10.1 Å². The van der Waals surface area contributed by atoms with E-state index < -0.39 is 4.92 Å². The number of benzene rings is 1. The van der Waals surface area contributed by atoms with Crippen molar-refractivity contribution in [3.05, 3.63) is 57.2 Å². The fourth-order valence-electron chi connectivity index (χ4n) is 1.35. The lowest BCUT2D eigenvalue weighted by Gasteiger charge is -2.07. The first-order valence-electron chi connectivity index (χ1n) is 5.08. The average molecular weight is 276 g/mol. The Morgan fingerprint density at radius 3 is 2.84 bits per heavy atom. The van der Waals surface area contributed by atoms with Gasteiger partial charge < -0.3 is 4.74 Å². The second-order valence-corrected chi connectivity index (χ2v) is 3.85. The molecule has 0 bridgehead atoms. The van der Waals surface area contributed by atoms with Gasteiger partial charge in [0, 0.05) is 18.3 Å². The number of hydrogen-bond donors (Lipinski definition) is 0. The molecule has 0 unspecified atom stereocenters. The van der Waals surface area contributed by atoms with Crippen LogP contribution in [-0.4, -0.2) is 9.91 Å². The van der Waals surface area contributed by atoms with E-state index in [1.807, 2.05) is 6.07 Å². The fraction of sp³-hybridized carbons (Fsp3) is 0. The van der Waals surface area contributed by atoms with Crippen LogP contribution >= 0.6 is 11.6 Å². The summed E-state index contributed by atoms with van der Waals surface area (Å²) in [5, 5.41) is 19.5. The first-order chi connectivity index (χ1) is 9.11. The van der Waals surface area contributed by atoms with Gasteiger partial charge in [0.1, 0.15) is 17.4 Å². The van der Waals surface area contributed by atoms with Gasteiger partial charge in [0.05, 0.1) is 9.95 Å². The smallest absolute Gasteiger partial charge is 0.271 e. The summed E-state index contributed by atoms with van der Waals surface area (Å²) in [5.74, 6) is 0.295. The Hall–Kier alpha value is -2.65. The molecule has 0 saturated carbocycles. The third-order valence-corrected chi connectivity index (χ3v) is 2.52. The molecule has 19 heavy (non-hydrogen) atoms. The third kappa shape index (κ3) is 2.78. The van der Waals surface area contributed by atoms with Gasteiger partial charge in [-0.25, -0.2) is 4.98 Å². The topological polar surface area (TPSA) is 89.0 Å². The lowest BCUT2D eigenvalue weighted by molar-refractivity contribution is -0.384. The molecule has 0 fully saturated rings. The number of aromatic nitrogens is 1. The summed E-state index contributed by atoms with van der Waals surface area (Å²) in [5.41, 5.74) is 0.107. The van der Waals surface area contributed by atoms with Crippen molar-refractivity contribution in [1.82, 2.24) is 4.98 Å². The Kier molecular flexibility index (Phi) is 3.59. The zero-order chi connectivity index (χ0) is 13.8. The minimum atomic E-state index is -0.558. The van der Waals surface area contributed by atoms with Crippen LogP contribution in [0.5, 0.6) is 11.6 Å². The zero-order valence-electron chi connectivity index (χ0n) is 9.41. The van der Waals surface area contributed by atoms with Crippen molar-refractivity contribution in [1.29, 1.82) is 5.26 Å². The number of pyridine rings is 1. The largest absolute Gasteiger partial charge is 0.436 e. The minimum absolute atomic E-state index is 0.0729. The number of rotatable bonds is 3. The van der Waals surface area contributed by atoms with E-state index >= 15 is 0 Å². The summed E-state index contributed by atoms with van der Waals surface area (Å²) in [6.07, 6.45) is 1.47. The molecule has 94 valence electrons. The van der Waals surface area contributed by atoms with Crippen LogP contribution in [0.25, 0.3) is 0 Å². The number of ether oxygens (including phenoxy) is 1. The van der Waals surface area contributed by atoms with Crippen molar-refractivity contribution in [2.75, 3.05) is 0 Å². The normalized spacial score (nSPS) is 9.68. The molecule has 0 N–H and O–H groups in total. The quantitative estimate of drug-likeness (QED) is 0.633. The van der Waals surface area contributed by atoms with Crippen LogP contribution in [-0.2, 0) is 0 Å². The van der Waals surface area contributed by atoms with Crippen molar-refractivity contribution in [3.8, 4) is 17.7 Å². The van der Waals surface area contributed by atoms with Crippen LogP contribution in [0.2, 0.25) is 5.02 Å². The van der Waals surface area contributed by atoms with Gasteiger partial charge in [-0.1, -0.05) is 11.6 Å². The van der Waals surface area contributed by atoms with E-state index in [-0.39, 0.29) is 27.9 Å². The van der Waals surface area contributed by atoms with E-state index in [0.717, 1.165) is 0 Å². The molecule has 0 spiro atoms. The second kappa shape index (κ2) is 5.33. The Labute approximate surface area is 113 Å². The molecular formula is C12H6ClN3O3. The monoisotopic (exact) mass is 275 g/mol. The number of nitro benzene ring substituents is 1. The first kappa shape index (κ1) is 12.8. The SMILES string of the molecule is N#Cc1cccnc1Oc1ccc([N+](=O)[O-])cc1Cl. The maximum Gasteiger partial charge on any atom is 0.271 e. The van der Waals surface area contributed by atoms with E-state index in [4.69, 9.17) is 21.6 Å². The Bertz CT molecular complexity index is 682. The van der Waals surface area contributed by atoms with E-state index in [1.54, 1.807) is 12.1 Å². The molecule has 0 radical (unpaired) electrons.